The molecule has 0 unspecified atom stereocenters. The lowest BCUT2D eigenvalue weighted by atomic mass is 9.96. The van der Waals surface area contributed by atoms with E-state index in [1.165, 1.54) is 4.90 Å². The van der Waals surface area contributed by atoms with E-state index in [4.69, 9.17) is 9.88 Å². The van der Waals surface area contributed by atoms with Crippen LogP contribution in [-0.2, 0) is 24.3 Å². The quantitative estimate of drug-likeness (QED) is 0.727. The lowest BCUT2D eigenvalue weighted by Crippen LogP contribution is -2.58. The minimum absolute atomic E-state index is 0.0560. The standard InChI is InChI=1S/C12H22N2O6S/c1-11(2,3)20-10(16)14-7-5-12(6-8-14,9(15)19-4)21(13,17)18/h5-8H2,1-4H3,(H2,13,17,18). The molecule has 1 aliphatic heterocycles. The number of nitrogens with two attached hydrogens (primary N) is 1. The van der Waals surface area contributed by atoms with Gasteiger partial charge in [0.2, 0.25) is 10.0 Å². The number of hydrogen-bond acceptors (Lipinski definition) is 6. The first kappa shape index (κ1) is 17.7. The van der Waals surface area contributed by atoms with E-state index in [0.717, 1.165) is 7.11 Å². The molecule has 21 heavy (non-hydrogen) atoms. The molecule has 9 heteroatoms. The molecule has 0 spiro atoms. The normalized spacial score (nSPS) is 19.0. The Bertz CT molecular complexity index is 514. The lowest BCUT2D eigenvalue weighted by Gasteiger charge is -2.38. The van der Waals surface area contributed by atoms with E-state index < -0.39 is 32.4 Å². The number of ether oxygens (including phenoxy) is 2. The average Bonchev–Trinajstić information content (AvgIpc) is 2.34. The first-order valence-corrected chi connectivity index (χ1v) is 8.06. The highest BCUT2D eigenvalue weighted by molar-refractivity contribution is 7.91. The zero-order valence-corrected chi connectivity index (χ0v) is 13.5. The van der Waals surface area contributed by atoms with Gasteiger partial charge < -0.3 is 14.4 Å². The van der Waals surface area contributed by atoms with Crippen molar-refractivity contribution < 1.29 is 27.5 Å². The molecule has 0 bridgehead atoms. The number of carbonyl (C=O) groups excluding carboxylic acids is 2. The van der Waals surface area contributed by atoms with Crippen LogP contribution in [0.3, 0.4) is 0 Å². The number of likely N-dealkylation sites (tertiary alicyclic amines) is 1. The third-order valence-corrected chi connectivity index (χ3v) is 4.99. The Balaban J connectivity index is 2.86. The summed E-state index contributed by atoms with van der Waals surface area (Å²) in [5, 5.41) is 5.18. The van der Waals surface area contributed by atoms with Crippen LogP contribution in [0.25, 0.3) is 0 Å². The third kappa shape index (κ3) is 3.85. The van der Waals surface area contributed by atoms with Crippen LogP contribution < -0.4 is 5.14 Å². The van der Waals surface area contributed by atoms with Crippen molar-refractivity contribution >= 4 is 22.1 Å². The number of primary sulfonamides is 1. The molecule has 0 aromatic heterocycles. The van der Waals surface area contributed by atoms with Gasteiger partial charge in [0.25, 0.3) is 0 Å². The van der Waals surface area contributed by atoms with Gasteiger partial charge in [-0.3, -0.25) is 4.79 Å². The van der Waals surface area contributed by atoms with E-state index in [0.29, 0.717) is 0 Å². The van der Waals surface area contributed by atoms with E-state index in [-0.39, 0.29) is 25.9 Å². The molecule has 8 nitrogen and oxygen atoms in total. The van der Waals surface area contributed by atoms with Crippen molar-refractivity contribution in [3.8, 4) is 0 Å². The fraction of sp³-hybridized carbons (Fsp3) is 0.833. The maximum absolute atomic E-state index is 11.9. The Labute approximate surface area is 124 Å². The van der Waals surface area contributed by atoms with Crippen molar-refractivity contribution in [1.82, 2.24) is 4.90 Å². The summed E-state index contributed by atoms with van der Waals surface area (Å²) in [6.07, 6.45) is -0.773. The molecular formula is C12H22N2O6S. The largest absolute Gasteiger partial charge is 0.468 e. The number of methoxy groups -OCH3 is 1. The molecule has 2 N–H and O–H groups in total. The maximum Gasteiger partial charge on any atom is 0.410 e. The molecule has 1 fully saturated rings. The van der Waals surface area contributed by atoms with E-state index in [9.17, 15) is 18.0 Å². The number of amides is 1. The highest BCUT2D eigenvalue weighted by Gasteiger charge is 2.52. The zero-order valence-electron chi connectivity index (χ0n) is 12.7. The predicted molar refractivity (Wildman–Crippen MR) is 74.9 cm³/mol. The highest BCUT2D eigenvalue weighted by atomic mass is 32.2. The molecule has 1 aliphatic rings. The molecule has 0 aliphatic carbocycles. The Hall–Kier alpha value is -1.35. The Morgan fingerprint density at radius 1 is 1.19 bits per heavy atom. The van der Waals surface area contributed by atoms with Crippen molar-refractivity contribution in [2.24, 2.45) is 5.14 Å². The molecule has 0 atom stereocenters. The first-order valence-electron chi connectivity index (χ1n) is 6.52. The number of piperidine rings is 1. The molecule has 1 amide bonds. The van der Waals surface area contributed by atoms with Gasteiger partial charge >= 0.3 is 12.1 Å². The second-order valence-corrected chi connectivity index (χ2v) is 7.87. The molecule has 0 radical (unpaired) electrons. The van der Waals surface area contributed by atoms with Gasteiger partial charge in [0.15, 0.2) is 4.75 Å². The zero-order chi connectivity index (χ0) is 16.5. The van der Waals surface area contributed by atoms with Gasteiger partial charge in [-0.1, -0.05) is 0 Å². The fourth-order valence-corrected chi connectivity index (χ4v) is 3.24. The van der Waals surface area contributed by atoms with Crippen LogP contribution in [0, 0.1) is 0 Å². The summed E-state index contributed by atoms with van der Waals surface area (Å²) >= 11 is 0. The summed E-state index contributed by atoms with van der Waals surface area (Å²) in [4.78, 5) is 25.1. The van der Waals surface area contributed by atoms with Crippen LogP contribution in [0.1, 0.15) is 33.6 Å². The van der Waals surface area contributed by atoms with E-state index in [2.05, 4.69) is 4.74 Å². The Morgan fingerprint density at radius 3 is 2.00 bits per heavy atom. The van der Waals surface area contributed by atoms with Crippen molar-refractivity contribution in [2.45, 2.75) is 44.0 Å². The molecule has 122 valence electrons. The Kier molecular flexibility index (Phi) is 4.89. The second kappa shape index (κ2) is 5.80. The maximum atomic E-state index is 11.9. The number of sulfonamides is 1. The summed E-state index contributed by atoms with van der Waals surface area (Å²) in [5.41, 5.74) is -0.645. The monoisotopic (exact) mass is 322 g/mol. The summed E-state index contributed by atoms with van der Waals surface area (Å²) in [6, 6.07) is 0. The van der Waals surface area contributed by atoms with Crippen LogP contribution in [0.4, 0.5) is 4.79 Å². The number of hydrogen-bond donors (Lipinski definition) is 1. The number of rotatable bonds is 2. The third-order valence-electron chi connectivity index (χ3n) is 3.32. The molecule has 0 aromatic carbocycles. The molecule has 1 saturated heterocycles. The predicted octanol–water partition coefficient (Wildman–Crippen LogP) is 0.218. The van der Waals surface area contributed by atoms with Gasteiger partial charge in [0, 0.05) is 13.1 Å². The lowest BCUT2D eigenvalue weighted by molar-refractivity contribution is -0.145. The SMILES string of the molecule is COC(=O)C1(S(N)(=O)=O)CCN(C(=O)OC(C)(C)C)CC1. The van der Waals surface area contributed by atoms with Crippen LogP contribution in [0.2, 0.25) is 0 Å². The highest BCUT2D eigenvalue weighted by Crippen LogP contribution is 2.31. The van der Waals surface area contributed by atoms with Crippen LogP contribution in [-0.4, -0.2) is 55.9 Å². The molecule has 0 saturated carbocycles. The van der Waals surface area contributed by atoms with Crippen molar-refractivity contribution in [2.75, 3.05) is 20.2 Å². The molecular weight excluding hydrogens is 300 g/mol. The van der Waals surface area contributed by atoms with Crippen molar-refractivity contribution in [3.05, 3.63) is 0 Å². The average molecular weight is 322 g/mol. The minimum atomic E-state index is -4.14. The first-order chi connectivity index (χ1) is 9.43. The van der Waals surface area contributed by atoms with Crippen LogP contribution >= 0.6 is 0 Å². The fourth-order valence-electron chi connectivity index (χ4n) is 2.17. The number of esters is 1. The molecule has 1 rings (SSSR count). The molecule has 1 heterocycles. The second-order valence-electron chi connectivity index (χ2n) is 6.00. The Morgan fingerprint density at radius 2 is 1.67 bits per heavy atom. The number of carbonyl (C=O) groups is 2. The smallest absolute Gasteiger partial charge is 0.410 e. The van der Waals surface area contributed by atoms with Gasteiger partial charge in [-0.15, -0.1) is 0 Å². The van der Waals surface area contributed by atoms with E-state index in [1.54, 1.807) is 20.8 Å². The summed E-state index contributed by atoms with van der Waals surface area (Å²) < 4.78 is 31.5. The van der Waals surface area contributed by atoms with Crippen molar-refractivity contribution in [3.63, 3.8) is 0 Å². The van der Waals surface area contributed by atoms with Gasteiger partial charge in [-0.25, -0.2) is 18.4 Å². The summed E-state index contributed by atoms with van der Waals surface area (Å²) in [7, 11) is -3.03. The van der Waals surface area contributed by atoms with Crippen molar-refractivity contribution in [1.29, 1.82) is 0 Å². The van der Waals surface area contributed by atoms with E-state index in [1.807, 2.05) is 0 Å². The number of nitrogens with zero attached hydrogens (tertiary/aromatic N) is 1. The topological polar surface area (TPSA) is 116 Å². The van der Waals surface area contributed by atoms with Crippen LogP contribution in [0.5, 0.6) is 0 Å². The van der Waals surface area contributed by atoms with Gasteiger partial charge in [0.05, 0.1) is 7.11 Å². The minimum Gasteiger partial charge on any atom is -0.468 e. The van der Waals surface area contributed by atoms with E-state index >= 15 is 0 Å². The van der Waals surface area contributed by atoms with Gasteiger partial charge in [0.1, 0.15) is 5.60 Å². The van der Waals surface area contributed by atoms with Crippen LogP contribution in [0.15, 0.2) is 0 Å². The molecule has 0 aromatic rings. The summed E-state index contributed by atoms with van der Waals surface area (Å²) in [5.74, 6) is -0.895. The summed E-state index contributed by atoms with van der Waals surface area (Å²) in [6.45, 7) is 5.31. The van der Waals surface area contributed by atoms with Gasteiger partial charge in [-0.05, 0) is 33.6 Å². The van der Waals surface area contributed by atoms with Gasteiger partial charge in [-0.2, -0.15) is 0 Å².